The Hall–Kier alpha value is -3.56. The van der Waals surface area contributed by atoms with E-state index in [1.165, 1.54) is 17.7 Å². The molecule has 2 N–H and O–H groups in total. The third kappa shape index (κ3) is 3.84. The first kappa shape index (κ1) is 18.2. The Kier molecular flexibility index (Phi) is 5.25. The molecule has 0 saturated heterocycles. The quantitative estimate of drug-likeness (QED) is 0.583. The summed E-state index contributed by atoms with van der Waals surface area (Å²) in [5, 5.41) is 5.91. The highest BCUT2D eigenvalue weighted by Crippen LogP contribution is 2.30. The molecule has 1 aromatic carbocycles. The van der Waals surface area contributed by atoms with Crippen molar-refractivity contribution in [1.82, 2.24) is 19.6 Å². The lowest BCUT2D eigenvalue weighted by molar-refractivity contribution is -0.139. The fraction of sp³-hybridized carbons (Fsp3) is 0.294. The molecule has 3 aromatic rings. The Labute approximate surface area is 154 Å². The van der Waals surface area contributed by atoms with Gasteiger partial charge in [-0.3, -0.25) is 14.7 Å². The number of para-hydroxylation sites is 1. The highest BCUT2D eigenvalue weighted by Gasteiger charge is 2.13. The molecule has 0 aliphatic carbocycles. The van der Waals surface area contributed by atoms with Crippen molar-refractivity contribution in [1.29, 1.82) is 0 Å². The van der Waals surface area contributed by atoms with Crippen molar-refractivity contribution in [2.24, 2.45) is 0 Å². The number of methoxy groups -OCH3 is 3. The molecule has 0 saturated carbocycles. The lowest BCUT2D eigenvalue weighted by Gasteiger charge is -2.12. The minimum absolute atomic E-state index is 0.0983. The molecule has 0 unspecified atom stereocenters. The van der Waals surface area contributed by atoms with Crippen LogP contribution < -0.4 is 20.3 Å². The predicted molar refractivity (Wildman–Crippen MR) is 96.2 cm³/mol. The van der Waals surface area contributed by atoms with E-state index in [1.807, 2.05) is 12.1 Å². The number of nitrogens with one attached hydrogen (secondary N) is 2. The van der Waals surface area contributed by atoms with Gasteiger partial charge in [-0.05, 0) is 6.07 Å². The molecular formula is C17H19N5O5. The number of esters is 1. The summed E-state index contributed by atoms with van der Waals surface area (Å²) < 4.78 is 16.4. The fourth-order valence-corrected chi connectivity index (χ4v) is 2.59. The smallest absolute Gasteiger partial charge is 0.311 e. The maximum atomic E-state index is 12.2. The molecule has 2 aromatic heterocycles. The van der Waals surface area contributed by atoms with E-state index in [-0.39, 0.29) is 17.8 Å². The molecule has 0 spiro atoms. The van der Waals surface area contributed by atoms with Gasteiger partial charge in [0, 0.05) is 18.2 Å². The second-order valence-electron chi connectivity index (χ2n) is 5.55. The summed E-state index contributed by atoms with van der Waals surface area (Å²) in [6.07, 6.45) is -0.0983. The van der Waals surface area contributed by atoms with E-state index in [0.29, 0.717) is 29.7 Å². The number of anilines is 1. The number of carbonyl (C=O) groups excluding carboxylic acids is 1. The standard InChI is InChI=1S/C17H19N5O5/c1-25-12-6-4-5-10(15(12)27-3)9-18-16-20-17-19-11(8-14(24)26-2)7-13(23)22(17)21-16/h4-7H,8-9H2,1-3H3,(H2,18,19,20,21). The molecule has 27 heavy (non-hydrogen) atoms. The first-order valence-corrected chi connectivity index (χ1v) is 8.05. The molecule has 0 amide bonds. The number of fused-ring (bicyclic) bond motifs is 1. The van der Waals surface area contributed by atoms with Crippen molar-refractivity contribution in [2.45, 2.75) is 13.0 Å². The zero-order valence-electron chi connectivity index (χ0n) is 15.1. The fourth-order valence-electron chi connectivity index (χ4n) is 2.59. The van der Waals surface area contributed by atoms with E-state index in [2.05, 4.69) is 25.1 Å². The molecule has 0 radical (unpaired) electrons. The number of aromatic nitrogens is 4. The average molecular weight is 373 g/mol. The number of hydrogen-bond donors (Lipinski definition) is 2. The van der Waals surface area contributed by atoms with E-state index in [9.17, 15) is 9.59 Å². The summed E-state index contributed by atoms with van der Waals surface area (Å²) >= 11 is 0. The van der Waals surface area contributed by atoms with Crippen LogP contribution in [0, 0.1) is 0 Å². The van der Waals surface area contributed by atoms with Crippen LogP contribution in [-0.4, -0.2) is 46.9 Å². The molecule has 0 bridgehead atoms. The first-order valence-electron chi connectivity index (χ1n) is 8.05. The van der Waals surface area contributed by atoms with Gasteiger partial charge in [0.2, 0.25) is 5.95 Å². The Morgan fingerprint density at radius 2 is 2.04 bits per heavy atom. The van der Waals surface area contributed by atoms with Gasteiger partial charge in [0.05, 0.1) is 33.4 Å². The molecule has 142 valence electrons. The minimum Gasteiger partial charge on any atom is -0.493 e. The number of nitrogens with zero attached hydrogens (tertiary/aromatic N) is 3. The van der Waals surface area contributed by atoms with Crippen LogP contribution in [0.4, 0.5) is 5.95 Å². The molecule has 10 nitrogen and oxygen atoms in total. The van der Waals surface area contributed by atoms with Gasteiger partial charge >= 0.3 is 5.97 Å². The molecule has 0 aliphatic rings. The third-order valence-electron chi connectivity index (χ3n) is 3.87. The average Bonchev–Trinajstić information content (AvgIpc) is 3.09. The Balaban J connectivity index is 1.83. The summed E-state index contributed by atoms with van der Waals surface area (Å²) in [6, 6.07) is 6.80. The van der Waals surface area contributed by atoms with Crippen LogP contribution in [0.5, 0.6) is 11.5 Å². The second kappa shape index (κ2) is 7.77. The van der Waals surface area contributed by atoms with E-state index < -0.39 is 5.97 Å². The number of hydrogen-bond acceptors (Lipinski definition) is 8. The molecular weight excluding hydrogens is 354 g/mol. The highest BCUT2D eigenvalue weighted by atomic mass is 16.5. The van der Waals surface area contributed by atoms with Gasteiger partial charge in [0.25, 0.3) is 11.3 Å². The third-order valence-corrected chi connectivity index (χ3v) is 3.87. The van der Waals surface area contributed by atoms with Crippen LogP contribution in [0.3, 0.4) is 0 Å². The van der Waals surface area contributed by atoms with E-state index in [4.69, 9.17) is 9.47 Å². The maximum absolute atomic E-state index is 12.2. The minimum atomic E-state index is -0.481. The first-order chi connectivity index (χ1) is 13.0. The number of ether oxygens (including phenoxy) is 3. The van der Waals surface area contributed by atoms with E-state index >= 15 is 0 Å². The summed E-state index contributed by atoms with van der Waals surface area (Å²) in [7, 11) is 4.41. The largest absolute Gasteiger partial charge is 0.493 e. The lowest BCUT2D eigenvalue weighted by atomic mass is 10.2. The van der Waals surface area contributed by atoms with Crippen LogP contribution in [-0.2, 0) is 22.5 Å². The van der Waals surface area contributed by atoms with Gasteiger partial charge in [-0.15, -0.1) is 0 Å². The van der Waals surface area contributed by atoms with Crippen LogP contribution in [0.2, 0.25) is 0 Å². The van der Waals surface area contributed by atoms with Gasteiger partial charge in [-0.25, -0.2) is 4.98 Å². The summed E-state index contributed by atoms with van der Waals surface area (Å²) in [6.45, 7) is 0.379. The van der Waals surface area contributed by atoms with E-state index in [1.54, 1.807) is 20.3 Å². The number of benzene rings is 1. The summed E-state index contributed by atoms with van der Waals surface area (Å²) in [5.41, 5.74) is 0.766. The van der Waals surface area contributed by atoms with Crippen molar-refractivity contribution >= 4 is 17.7 Å². The lowest BCUT2D eigenvalue weighted by Crippen LogP contribution is -2.17. The normalized spacial score (nSPS) is 10.6. The van der Waals surface area contributed by atoms with Crippen LogP contribution >= 0.6 is 0 Å². The molecule has 0 fully saturated rings. The van der Waals surface area contributed by atoms with Gasteiger partial charge < -0.3 is 19.5 Å². The van der Waals surface area contributed by atoms with Crippen molar-refractivity contribution in [3.63, 3.8) is 0 Å². The Bertz CT molecular complexity index is 1030. The van der Waals surface area contributed by atoms with Gasteiger partial charge in [-0.1, -0.05) is 12.1 Å². The maximum Gasteiger partial charge on any atom is 0.311 e. The number of H-pyrrole nitrogens is 1. The predicted octanol–water partition coefficient (Wildman–Crippen LogP) is 0.762. The summed E-state index contributed by atoms with van der Waals surface area (Å²) in [5.74, 6) is 1.25. The number of carbonyl (C=O) groups is 1. The van der Waals surface area contributed by atoms with Crippen molar-refractivity contribution in [2.75, 3.05) is 26.6 Å². The van der Waals surface area contributed by atoms with Gasteiger partial charge in [-0.2, -0.15) is 9.50 Å². The van der Waals surface area contributed by atoms with Gasteiger partial charge in [0.15, 0.2) is 11.5 Å². The van der Waals surface area contributed by atoms with Crippen LogP contribution in [0.25, 0.3) is 5.78 Å². The zero-order valence-corrected chi connectivity index (χ0v) is 15.1. The van der Waals surface area contributed by atoms with Crippen LogP contribution in [0.15, 0.2) is 29.1 Å². The number of rotatable bonds is 7. The van der Waals surface area contributed by atoms with Crippen molar-refractivity contribution < 1.29 is 19.0 Å². The molecule has 0 aliphatic heterocycles. The monoisotopic (exact) mass is 373 g/mol. The molecule has 0 atom stereocenters. The topological polar surface area (TPSA) is 120 Å². The van der Waals surface area contributed by atoms with Gasteiger partial charge in [0.1, 0.15) is 0 Å². The Morgan fingerprint density at radius 3 is 2.74 bits per heavy atom. The summed E-state index contributed by atoms with van der Waals surface area (Å²) in [4.78, 5) is 32.0. The SMILES string of the molecule is COC(=O)Cc1cc(=O)n2[nH]c(NCc3cccc(OC)c3OC)nc2n1. The molecule has 3 rings (SSSR count). The number of aromatic amines is 1. The van der Waals surface area contributed by atoms with Crippen molar-refractivity contribution in [3.05, 3.63) is 45.9 Å². The molecule has 2 heterocycles. The Morgan fingerprint density at radius 1 is 1.22 bits per heavy atom. The highest BCUT2D eigenvalue weighted by molar-refractivity contribution is 5.71. The zero-order chi connectivity index (χ0) is 19.4. The van der Waals surface area contributed by atoms with Crippen LogP contribution in [0.1, 0.15) is 11.3 Å². The van der Waals surface area contributed by atoms with E-state index in [0.717, 1.165) is 5.56 Å². The second-order valence-corrected chi connectivity index (χ2v) is 5.55. The molecule has 10 heteroatoms. The van der Waals surface area contributed by atoms with Crippen molar-refractivity contribution in [3.8, 4) is 11.5 Å².